The number of aromatic nitrogens is 2. The molecular formula is C29H32F4N6O2. The van der Waals surface area contributed by atoms with E-state index in [0.29, 0.717) is 62.6 Å². The standard InChI is InChI=1S/C29H32F4N6O2/c1-17-15-38(7-6-37(17)3)26-12-24(31)22(19-13-34-29(35-14-19)39-8-9-41-18(2)16-39)11-25(26)36-28(40)21-5-4-20(30)10-23(21)27(32)33/h4-5,10-14,17-18,27H,6-9,15-16H2,1-3H3,(H,36,40). The highest BCUT2D eigenvalue weighted by Crippen LogP contribution is 2.36. The van der Waals surface area contributed by atoms with E-state index >= 15 is 4.39 Å². The van der Waals surface area contributed by atoms with Crippen LogP contribution in [-0.2, 0) is 4.74 Å². The molecule has 8 nitrogen and oxygen atoms in total. The largest absolute Gasteiger partial charge is 0.375 e. The Hall–Kier alpha value is -3.77. The van der Waals surface area contributed by atoms with E-state index in [1.165, 1.54) is 24.5 Å². The maximum atomic E-state index is 15.7. The minimum atomic E-state index is -3.06. The van der Waals surface area contributed by atoms with Gasteiger partial charge in [0.05, 0.1) is 24.1 Å². The molecule has 12 heteroatoms. The van der Waals surface area contributed by atoms with Crippen molar-refractivity contribution in [1.82, 2.24) is 14.9 Å². The summed E-state index contributed by atoms with van der Waals surface area (Å²) >= 11 is 0. The first-order chi connectivity index (χ1) is 19.6. The molecule has 2 aliphatic rings. The number of carbonyl (C=O) groups is 1. The van der Waals surface area contributed by atoms with Gasteiger partial charge in [-0.05, 0) is 51.2 Å². The third-order valence-corrected chi connectivity index (χ3v) is 7.60. The normalized spacial score (nSPS) is 20.0. The van der Waals surface area contributed by atoms with E-state index in [1.54, 1.807) is 0 Å². The molecule has 2 unspecified atom stereocenters. The highest BCUT2D eigenvalue weighted by molar-refractivity contribution is 6.07. The Balaban J connectivity index is 1.51. The predicted octanol–water partition coefficient (Wildman–Crippen LogP) is 4.98. The van der Waals surface area contributed by atoms with E-state index in [1.807, 2.05) is 30.7 Å². The van der Waals surface area contributed by atoms with Crippen molar-refractivity contribution < 1.29 is 27.1 Å². The van der Waals surface area contributed by atoms with Gasteiger partial charge >= 0.3 is 0 Å². The highest BCUT2D eigenvalue weighted by atomic mass is 19.3. The molecule has 2 aromatic carbocycles. The third-order valence-electron chi connectivity index (χ3n) is 7.60. The van der Waals surface area contributed by atoms with Crippen LogP contribution in [0.25, 0.3) is 11.1 Å². The number of hydrogen-bond donors (Lipinski definition) is 1. The Morgan fingerprint density at radius 2 is 1.78 bits per heavy atom. The fraction of sp³-hybridized carbons (Fsp3) is 0.414. The van der Waals surface area contributed by atoms with Gasteiger partial charge in [-0.1, -0.05) is 0 Å². The van der Waals surface area contributed by atoms with Gasteiger partial charge in [0.25, 0.3) is 12.3 Å². The molecule has 2 atom stereocenters. The number of nitrogens with zero attached hydrogens (tertiary/aromatic N) is 5. The molecule has 0 radical (unpaired) electrons. The van der Waals surface area contributed by atoms with Crippen molar-refractivity contribution in [2.45, 2.75) is 32.4 Å². The zero-order chi connectivity index (χ0) is 29.3. The van der Waals surface area contributed by atoms with Crippen molar-refractivity contribution >= 4 is 23.2 Å². The van der Waals surface area contributed by atoms with Gasteiger partial charge in [-0.2, -0.15) is 0 Å². The summed E-state index contributed by atoms with van der Waals surface area (Å²) in [4.78, 5) is 28.2. The molecule has 218 valence electrons. The number of ether oxygens (including phenoxy) is 1. The van der Waals surface area contributed by atoms with Crippen LogP contribution in [-0.4, -0.2) is 79.3 Å². The van der Waals surface area contributed by atoms with Gasteiger partial charge in [0.15, 0.2) is 0 Å². The third kappa shape index (κ3) is 6.28. The van der Waals surface area contributed by atoms with Gasteiger partial charge in [0.2, 0.25) is 5.95 Å². The molecule has 0 aliphatic carbocycles. The Morgan fingerprint density at radius 3 is 2.46 bits per heavy atom. The Bertz CT molecular complexity index is 1410. The smallest absolute Gasteiger partial charge is 0.264 e. The second-order valence-electron chi connectivity index (χ2n) is 10.5. The summed E-state index contributed by atoms with van der Waals surface area (Å²) in [5.74, 6) is -1.77. The molecule has 3 heterocycles. The molecule has 41 heavy (non-hydrogen) atoms. The number of morpholine rings is 1. The summed E-state index contributed by atoms with van der Waals surface area (Å²) in [5.41, 5.74) is 0.0926. The van der Waals surface area contributed by atoms with Gasteiger partial charge in [0, 0.05) is 73.4 Å². The fourth-order valence-electron chi connectivity index (χ4n) is 5.15. The zero-order valence-corrected chi connectivity index (χ0v) is 23.1. The number of carbonyl (C=O) groups excluding carboxylic acids is 1. The lowest BCUT2D eigenvalue weighted by atomic mass is 10.0. The molecule has 2 fully saturated rings. The summed E-state index contributed by atoms with van der Waals surface area (Å²) in [6, 6.07) is 5.57. The van der Waals surface area contributed by atoms with Crippen LogP contribution in [0, 0.1) is 11.6 Å². The summed E-state index contributed by atoms with van der Waals surface area (Å²) in [6.07, 6.45) is 0.00299. The molecule has 3 aromatic rings. The topological polar surface area (TPSA) is 73.8 Å². The Labute approximate surface area is 235 Å². The fourth-order valence-corrected chi connectivity index (χ4v) is 5.15. The first-order valence-electron chi connectivity index (χ1n) is 13.5. The first-order valence-corrected chi connectivity index (χ1v) is 13.5. The van der Waals surface area contributed by atoms with Crippen LogP contribution in [0.2, 0.25) is 0 Å². The lowest BCUT2D eigenvalue weighted by Gasteiger charge is -2.39. The van der Waals surface area contributed by atoms with E-state index < -0.39 is 29.5 Å². The number of anilines is 3. The average Bonchev–Trinajstić information content (AvgIpc) is 2.95. The first kappa shape index (κ1) is 28.7. The predicted molar refractivity (Wildman–Crippen MR) is 149 cm³/mol. The second-order valence-corrected chi connectivity index (χ2v) is 10.5. The number of amides is 1. The molecule has 5 rings (SSSR count). The van der Waals surface area contributed by atoms with Crippen molar-refractivity contribution in [2.24, 2.45) is 0 Å². The number of halogens is 4. The van der Waals surface area contributed by atoms with Crippen LogP contribution in [0.5, 0.6) is 0 Å². The highest BCUT2D eigenvalue weighted by Gasteiger charge is 2.27. The van der Waals surface area contributed by atoms with E-state index in [9.17, 15) is 18.0 Å². The number of rotatable bonds is 6. The van der Waals surface area contributed by atoms with E-state index in [-0.39, 0.29) is 29.0 Å². The average molecular weight is 573 g/mol. The maximum absolute atomic E-state index is 15.7. The van der Waals surface area contributed by atoms with Crippen molar-refractivity contribution in [3.8, 4) is 11.1 Å². The number of hydrogen-bond acceptors (Lipinski definition) is 7. The summed E-state index contributed by atoms with van der Waals surface area (Å²) in [5, 5.41) is 2.69. The van der Waals surface area contributed by atoms with E-state index in [2.05, 4.69) is 20.2 Å². The molecule has 1 aromatic heterocycles. The summed E-state index contributed by atoms with van der Waals surface area (Å²) < 4.78 is 62.2. The molecule has 0 spiro atoms. The minimum Gasteiger partial charge on any atom is -0.375 e. The van der Waals surface area contributed by atoms with Crippen LogP contribution in [0.1, 0.15) is 36.2 Å². The van der Waals surface area contributed by atoms with Crippen LogP contribution in [0.15, 0.2) is 42.7 Å². The molecule has 2 saturated heterocycles. The minimum absolute atomic E-state index is 0.0344. The van der Waals surface area contributed by atoms with Gasteiger partial charge < -0.3 is 24.8 Å². The van der Waals surface area contributed by atoms with Gasteiger partial charge in [-0.3, -0.25) is 4.79 Å². The number of nitrogens with one attached hydrogen (secondary N) is 1. The van der Waals surface area contributed by atoms with Gasteiger partial charge in [-0.25, -0.2) is 27.5 Å². The summed E-state index contributed by atoms with van der Waals surface area (Å²) in [7, 11) is 2.00. The Kier molecular flexibility index (Phi) is 8.41. The lowest BCUT2D eigenvalue weighted by Crippen LogP contribution is -2.50. The number of alkyl halides is 2. The van der Waals surface area contributed by atoms with Crippen molar-refractivity contribution in [3.05, 3.63) is 65.5 Å². The molecule has 2 aliphatic heterocycles. The molecule has 1 N–H and O–H groups in total. The maximum Gasteiger partial charge on any atom is 0.264 e. The van der Waals surface area contributed by atoms with Crippen LogP contribution < -0.4 is 15.1 Å². The van der Waals surface area contributed by atoms with Crippen molar-refractivity contribution in [3.63, 3.8) is 0 Å². The van der Waals surface area contributed by atoms with E-state index in [4.69, 9.17) is 4.74 Å². The summed E-state index contributed by atoms with van der Waals surface area (Å²) in [6.45, 7) is 7.66. The van der Waals surface area contributed by atoms with E-state index in [0.717, 1.165) is 12.1 Å². The lowest BCUT2D eigenvalue weighted by molar-refractivity contribution is 0.0526. The molecule has 0 bridgehead atoms. The van der Waals surface area contributed by atoms with Gasteiger partial charge in [0.1, 0.15) is 11.6 Å². The van der Waals surface area contributed by atoms with Crippen LogP contribution >= 0.6 is 0 Å². The zero-order valence-electron chi connectivity index (χ0n) is 23.1. The molecule has 0 saturated carbocycles. The quantitative estimate of drug-likeness (QED) is 0.418. The Morgan fingerprint density at radius 1 is 1.02 bits per heavy atom. The molecule has 1 amide bonds. The van der Waals surface area contributed by atoms with Crippen LogP contribution in [0.4, 0.5) is 34.9 Å². The monoisotopic (exact) mass is 572 g/mol. The SMILES string of the molecule is CC1CN(c2ncc(-c3cc(NC(=O)c4ccc(F)cc4C(F)F)c(N4CCN(C)C(C)C4)cc3F)cn2)CCO1. The number of likely N-dealkylation sites (N-methyl/N-ethyl adjacent to an activating group) is 1. The molecular weight excluding hydrogens is 540 g/mol. The van der Waals surface area contributed by atoms with Crippen molar-refractivity contribution in [1.29, 1.82) is 0 Å². The van der Waals surface area contributed by atoms with Crippen molar-refractivity contribution in [2.75, 3.05) is 61.5 Å². The second kappa shape index (κ2) is 12.0. The number of piperazine rings is 1. The van der Waals surface area contributed by atoms with Crippen LogP contribution in [0.3, 0.4) is 0 Å². The number of benzene rings is 2. The van der Waals surface area contributed by atoms with Gasteiger partial charge in [-0.15, -0.1) is 0 Å².